The highest BCUT2D eigenvalue weighted by Gasteiger charge is 2.07. The van der Waals surface area contributed by atoms with Crippen molar-refractivity contribution in [1.29, 1.82) is 0 Å². The summed E-state index contributed by atoms with van der Waals surface area (Å²) in [5.41, 5.74) is 6.54. The van der Waals surface area contributed by atoms with E-state index in [1.54, 1.807) is 18.1 Å². The molecule has 0 amide bonds. The number of aromatic nitrogens is 3. The molecule has 0 aliphatic rings. The summed E-state index contributed by atoms with van der Waals surface area (Å²) in [7, 11) is 1.78. The van der Waals surface area contributed by atoms with Crippen LogP contribution in [0.25, 0.3) is 0 Å². The van der Waals surface area contributed by atoms with Crippen LogP contribution in [0.5, 0.6) is 11.8 Å². The van der Waals surface area contributed by atoms with Crippen molar-refractivity contribution in [2.45, 2.75) is 6.54 Å². The molecule has 1 aromatic carbocycles. The molecule has 5 nitrogen and oxygen atoms in total. The van der Waals surface area contributed by atoms with Crippen LogP contribution < -0.4 is 10.5 Å². The highest BCUT2D eigenvalue weighted by molar-refractivity contribution is 9.10. The first-order valence-electron chi connectivity index (χ1n) is 4.71. The van der Waals surface area contributed by atoms with E-state index in [9.17, 15) is 0 Å². The fraction of sp³-hybridized carbons (Fsp3) is 0.200. The Labute approximate surface area is 101 Å². The lowest BCUT2D eigenvalue weighted by molar-refractivity contribution is 0.434. The molecule has 0 saturated carbocycles. The molecule has 1 heterocycles. The van der Waals surface area contributed by atoms with Crippen molar-refractivity contribution < 1.29 is 4.74 Å². The van der Waals surface area contributed by atoms with E-state index in [0.717, 1.165) is 10.0 Å². The first-order chi connectivity index (χ1) is 7.69. The zero-order valence-corrected chi connectivity index (χ0v) is 10.3. The molecule has 1 aromatic heterocycles. The van der Waals surface area contributed by atoms with E-state index < -0.39 is 0 Å². The maximum atomic E-state index is 5.63. The predicted molar refractivity (Wildman–Crippen MR) is 63.1 cm³/mol. The van der Waals surface area contributed by atoms with Gasteiger partial charge in [0.2, 0.25) is 0 Å². The Balaban J connectivity index is 2.27. The molecule has 2 rings (SSSR count). The quantitative estimate of drug-likeness (QED) is 0.933. The van der Waals surface area contributed by atoms with Crippen LogP contribution in [0.2, 0.25) is 0 Å². The highest BCUT2D eigenvalue weighted by Crippen LogP contribution is 2.25. The first kappa shape index (κ1) is 11.1. The average Bonchev–Trinajstić information content (AvgIpc) is 2.67. The van der Waals surface area contributed by atoms with E-state index in [-0.39, 0.29) is 0 Å². The van der Waals surface area contributed by atoms with Gasteiger partial charge in [-0.05, 0) is 18.2 Å². The standard InChI is InChI=1S/C10H11BrN4O/c1-15-6-13-10(14-15)16-9-3-2-8(11)4-7(9)5-12/h2-4,6H,5,12H2,1H3. The Kier molecular flexibility index (Phi) is 3.21. The fourth-order valence-corrected chi connectivity index (χ4v) is 1.68. The van der Waals surface area contributed by atoms with E-state index >= 15 is 0 Å². The van der Waals surface area contributed by atoms with E-state index in [4.69, 9.17) is 10.5 Å². The van der Waals surface area contributed by atoms with Crippen molar-refractivity contribution in [2.24, 2.45) is 12.8 Å². The number of nitrogens with two attached hydrogens (primary N) is 1. The zero-order valence-electron chi connectivity index (χ0n) is 8.72. The SMILES string of the molecule is Cn1cnc(Oc2ccc(Br)cc2CN)n1. The van der Waals surface area contributed by atoms with Crippen LogP contribution in [0.15, 0.2) is 29.0 Å². The number of benzene rings is 1. The van der Waals surface area contributed by atoms with Crippen molar-refractivity contribution in [1.82, 2.24) is 14.8 Å². The van der Waals surface area contributed by atoms with Gasteiger partial charge in [0.25, 0.3) is 0 Å². The molecular formula is C10H11BrN4O. The Morgan fingerprint density at radius 3 is 2.94 bits per heavy atom. The highest BCUT2D eigenvalue weighted by atomic mass is 79.9. The Morgan fingerprint density at radius 1 is 1.50 bits per heavy atom. The minimum absolute atomic E-state index is 0.319. The third-order valence-electron chi connectivity index (χ3n) is 2.02. The summed E-state index contributed by atoms with van der Waals surface area (Å²) in [6, 6.07) is 5.96. The lowest BCUT2D eigenvalue weighted by atomic mass is 10.2. The largest absolute Gasteiger partial charge is 0.423 e. The van der Waals surface area contributed by atoms with E-state index in [1.165, 1.54) is 0 Å². The van der Waals surface area contributed by atoms with Crippen molar-refractivity contribution in [3.8, 4) is 11.8 Å². The molecule has 16 heavy (non-hydrogen) atoms. The lowest BCUT2D eigenvalue weighted by Crippen LogP contribution is -2.00. The normalized spacial score (nSPS) is 10.4. The van der Waals surface area contributed by atoms with Crippen LogP contribution in [-0.2, 0) is 13.6 Å². The minimum atomic E-state index is 0.319. The molecule has 84 valence electrons. The average molecular weight is 283 g/mol. The number of ether oxygens (including phenoxy) is 1. The number of aryl methyl sites for hydroxylation is 1. The van der Waals surface area contributed by atoms with Gasteiger partial charge in [-0.25, -0.2) is 0 Å². The number of hydrogen-bond acceptors (Lipinski definition) is 4. The number of rotatable bonds is 3. The van der Waals surface area contributed by atoms with Crippen molar-refractivity contribution in [2.75, 3.05) is 0 Å². The van der Waals surface area contributed by atoms with Crippen molar-refractivity contribution in [3.05, 3.63) is 34.6 Å². The Morgan fingerprint density at radius 2 is 2.31 bits per heavy atom. The van der Waals surface area contributed by atoms with Gasteiger partial charge in [-0.1, -0.05) is 15.9 Å². The van der Waals surface area contributed by atoms with Crippen LogP contribution in [0.3, 0.4) is 0 Å². The van der Waals surface area contributed by atoms with Gasteiger partial charge in [0.15, 0.2) is 0 Å². The minimum Gasteiger partial charge on any atom is -0.423 e. The van der Waals surface area contributed by atoms with Crippen LogP contribution >= 0.6 is 15.9 Å². The molecule has 2 aromatic rings. The molecule has 0 unspecified atom stereocenters. The fourth-order valence-electron chi connectivity index (χ4n) is 1.27. The third-order valence-corrected chi connectivity index (χ3v) is 2.52. The molecule has 0 radical (unpaired) electrons. The second-order valence-corrected chi connectivity index (χ2v) is 4.17. The van der Waals surface area contributed by atoms with E-state index in [1.807, 2.05) is 18.2 Å². The smallest absolute Gasteiger partial charge is 0.340 e. The summed E-state index contributed by atoms with van der Waals surface area (Å²) in [5, 5.41) is 4.03. The molecule has 0 aliphatic heterocycles. The van der Waals surface area contributed by atoms with Gasteiger partial charge < -0.3 is 10.5 Å². The zero-order chi connectivity index (χ0) is 11.5. The lowest BCUT2D eigenvalue weighted by Gasteiger charge is -2.06. The topological polar surface area (TPSA) is 66.0 Å². The molecule has 0 saturated heterocycles. The molecule has 0 fully saturated rings. The maximum Gasteiger partial charge on any atom is 0.340 e. The third kappa shape index (κ3) is 2.40. The molecule has 0 bridgehead atoms. The van der Waals surface area contributed by atoms with E-state index in [0.29, 0.717) is 18.3 Å². The Bertz CT molecular complexity index is 497. The second-order valence-electron chi connectivity index (χ2n) is 3.26. The second kappa shape index (κ2) is 4.63. The van der Waals surface area contributed by atoms with Gasteiger partial charge in [0.1, 0.15) is 12.1 Å². The number of hydrogen-bond donors (Lipinski definition) is 1. The summed E-state index contributed by atoms with van der Waals surface area (Å²) in [6.45, 7) is 0.404. The van der Waals surface area contributed by atoms with Gasteiger partial charge in [-0.15, -0.1) is 5.10 Å². The number of nitrogens with zero attached hydrogens (tertiary/aromatic N) is 3. The molecule has 6 heteroatoms. The van der Waals surface area contributed by atoms with Gasteiger partial charge in [-0.3, -0.25) is 4.68 Å². The van der Waals surface area contributed by atoms with Gasteiger partial charge in [-0.2, -0.15) is 4.98 Å². The summed E-state index contributed by atoms with van der Waals surface area (Å²) >= 11 is 3.38. The molecule has 2 N–H and O–H groups in total. The molecule has 0 atom stereocenters. The van der Waals surface area contributed by atoms with Gasteiger partial charge in [0.05, 0.1) is 0 Å². The van der Waals surface area contributed by atoms with Crippen LogP contribution in [0.4, 0.5) is 0 Å². The summed E-state index contributed by atoms with van der Waals surface area (Å²) in [4.78, 5) is 3.99. The van der Waals surface area contributed by atoms with Crippen molar-refractivity contribution in [3.63, 3.8) is 0 Å². The van der Waals surface area contributed by atoms with E-state index in [2.05, 4.69) is 26.0 Å². The monoisotopic (exact) mass is 282 g/mol. The molecular weight excluding hydrogens is 272 g/mol. The van der Waals surface area contributed by atoms with Crippen LogP contribution in [0.1, 0.15) is 5.56 Å². The van der Waals surface area contributed by atoms with Crippen LogP contribution in [0, 0.1) is 0 Å². The predicted octanol–water partition coefficient (Wildman–Crippen LogP) is 1.83. The summed E-state index contributed by atoms with van der Waals surface area (Å²) in [6.07, 6.45) is 1.58. The summed E-state index contributed by atoms with van der Waals surface area (Å²) in [5.74, 6) is 0.678. The Hall–Kier alpha value is -1.40. The van der Waals surface area contributed by atoms with Gasteiger partial charge >= 0.3 is 6.01 Å². The summed E-state index contributed by atoms with van der Waals surface area (Å²) < 4.78 is 8.08. The maximum absolute atomic E-state index is 5.63. The number of halogens is 1. The van der Waals surface area contributed by atoms with Crippen molar-refractivity contribution >= 4 is 15.9 Å². The first-order valence-corrected chi connectivity index (χ1v) is 5.50. The van der Waals surface area contributed by atoms with Gasteiger partial charge in [0, 0.05) is 23.6 Å². The molecule has 0 aliphatic carbocycles. The molecule has 0 spiro atoms. The van der Waals surface area contributed by atoms with Crippen LogP contribution in [-0.4, -0.2) is 14.8 Å².